The van der Waals surface area contributed by atoms with Gasteiger partial charge in [-0.15, -0.1) is 11.3 Å². The Hall–Kier alpha value is -2.96. The molecule has 3 aromatic carbocycles. The fraction of sp³-hybridized carbons (Fsp3) is 0.0385. The highest BCUT2D eigenvalue weighted by molar-refractivity contribution is 7.14. The maximum Gasteiger partial charge on any atom is 0.258 e. The van der Waals surface area contributed by atoms with E-state index in [2.05, 4.69) is 10.3 Å². The van der Waals surface area contributed by atoms with Crippen molar-refractivity contribution in [2.24, 2.45) is 0 Å². The monoisotopic (exact) mass is 523 g/mol. The van der Waals surface area contributed by atoms with E-state index in [1.54, 1.807) is 12.1 Å². The number of fused-ring (bicyclic) bond motifs is 1. The summed E-state index contributed by atoms with van der Waals surface area (Å²) in [5.41, 5.74) is 5.09. The Morgan fingerprint density at radius 2 is 1.65 bits per heavy atom. The van der Waals surface area contributed by atoms with Gasteiger partial charge in [-0.3, -0.25) is 10.1 Å². The number of nitrogens with one attached hydrogen (secondary N) is 1. The van der Waals surface area contributed by atoms with Gasteiger partial charge in [0, 0.05) is 31.9 Å². The quantitative estimate of drug-likeness (QED) is 0.256. The van der Waals surface area contributed by atoms with Gasteiger partial charge in [-0.05, 0) is 48.9 Å². The van der Waals surface area contributed by atoms with E-state index in [0.29, 0.717) is 31.5 Å². The number of carbonyl (C=O) groups is 1. The summed E-state index contributed by atoms with van der Waals surface area (Å²) < 4.78 is 0. The minimum Gasteiger partial charge on any atom is -0.298 e. The van der Waals surface area contributed by atoms with Crippen LogP contribution in [0, 0.1) is 6.92 Å². The van der Waals surface area contributed by atoms with E-state index in [-0.39, 0.29) is 5.91 Å². The second-order valence-electron chi connectivity index (χ2n) is 7.60. The Bertz CT molecular complexity index is 1550. The highest BCUT2D eigenvalue weighted by Gasteiger charge is 2.20. The molecule has 4 nitrogen and oxygen atoms in total. The van der Waals surface area contributed by atoms with E-state index < -0.39 is 0 Å². The van der Waals surface area contributed by atoms with Crippen LogP contribution in [0.5, 0.6) is 0 Å². The average Bonchev–Trinajstić information content (AvgIpc) is 3.27. The van der Waals surface area contributed by atoms with Gasteiger partial charge in [-0.2, -0.15) is 0 Å². The molecule has 0 fully saturated rings. The van der Waals surface area contributed by atoms with Crippen molar-refractivity contribution in [2.75, 3.05) is 5.32 Å². The van der Waals surface area contributed by atoms with Crippen molar-refractivity contribution in [3.05, 3.63) is 98.3 Å². The predicted octanol–water partition coefficient (Wildman–Crippen LogP) is 8.55. The summed E-state index contributed by atoms with van der Waals surface area (Å²) in [5.74, 6) is -0.255. The molecule has 8 heteroatoms. The summed E-state index contributed by atoms with van der Waals surface area (Å²) in [6.07, 6.45) is 0. The average molecular weight is 525 g/mol. The molecule has 0 saturated carbocycles. The standard InChI is InChI=1S/C26H16Cl3N3OS/c1-14-23(19-4-2-3-5-21(19)30-24(14)15-6-8-16(27)9-7-15)25(33)32-26-31-22(13-34-26)18-11-10-17(28)12-20(18)29/h2-13H,1H3,(H,31,32,33). The molecule has 5 rings (SSSR count). The second kappa shape index (κ2) is 9.35. The minimum absolute atomic E-state index is 0.255. The molecule has 34 heavy (non-hydrogen) atoms. The van der Waals surface area contributed by atoms with E-state index >= 15 is 0 Å². The fourth-order valence-corrected chi connectivity index (χ4v) is 5.14. The van der Waals surface area contributed by atoms with Crippen LogP contribution in [0.25, 0.3) is 33.4 Å². The third-order valence-corrected chi connectivity index (χ3v) is 6.97. The summed E-state index contributed by atoms with van der Waals surface area (Å²) >= 11 is 19.7. The van der Waals surface area contributed by atoms with Gasteiger partial charge in [0.25, 0.3) is 5.91 Å². The van der Waals surface area contributed by atoms with E-state index in [0.717, 1.165) is 33.3 Å². The lowest BCUT2D eigenvalue weighted by atomic mass is 9.97. The molecule has 0 aliphatic carbocycles. The third kappa shape index (κ3) is 4.40. The molecule has 2 aromatic heterocycles. The van der Waals surface area contributed by atoms with Gasteiger partial charge in [0.15, 0.2) is 5.13 Å². The molecule has 1 amide bonds. The molecular formula is C26H16Cl3N3OS. The van der Waals surface area contributed by atoms with Crippen LogP contribution in [0.2, 0.25) is 15.1 Å². The van der Waals surface area contributed by atoms with Crippen LogP contribution in [-0.4, -0.2) is 15.9 Å². The Morgan fingerprint density at radius 1 is 0.912 bits per heavy atom. The van der Waals surface area contributed by atoms with E-state index in [4.69, 9.17) is 39.8 Å². The molecule has 0 bridgehead atoms. The Labute approximate surface area is 215 Å². The number of hydrogen-bond acceptors (Lipinski definition) is 4. The maximum absolute atomic E-state index is 13.5. The van der Waals surface area contributed by atoms with Gasteiger partial charge in [-0.1, -0.05) is 65.1 Å². The smallest absolute Gasteiger partial charge is 0.258 e. The van der Waals surface area contributed by atoms with Crippen molar-refractivity contribution in [1.29, 1.82) is 0 Å². The zero-order chi connectivity index (χ0) is 23.8. The van der Waals surface area contributed by atoms with Gasteiger partial charge in [0.05, 0.1) is 27.5 Å². The van der Waals surface area contributed by atoms with Gasteiger partial charge in [0.2, 0.25) is 0 Å². The second-order valence-corrected chi connectivity index (χ2v) is 9.74. The third-order valence-electron chi connectivity index (χ3n) is 5.41. The number of nitrogens with zero attached hydrogens (tertiary/aromatic N) is 2. The normalized spacial score (nSPS) is 11.1. The number of thiazole rings is 1. The lowest BCUT2D eigenvalue weighted by Crippen LogP contribution is -2.15. The topological polar surface area (TPSA) is 54.9 Å². The van der Waals surface area contributed by atoms with E-state index in [9.17, 15) is 4.79 Å². The molecular weight excluding hydrogens is 509 g/mol. The molecule has 0 saturated heterocycles. The van der Waals surface area contributed by atoms with Crippen LogP contribution in [0.1, 0.15) is 15.9 Å². The first-order chi connectivity index (χ1) is 16.4. The van der Waals surface area contributed by atoms with E-state index in [1.807, 2.05) is 66.9 Å². The molecule has 0 aliphatic heterocycles. The zero-order valence-electron chi connectivity index (χ0n) is 17.8. The first-order valence-electron chi connectivity index (χ1n) is 10.3. The molecule has 0 aliphatic rings. The molecule has 0 atom stereocenters. The highest BCUT2D eigenvalue weighted by Crippen LogP contribution is 2.34. The summed E-state index contributed by atoms with van der Waals surface area (Å²) in [6.45, 7) is 1.90. The number of benzene rings is 3. The minimum atomic E-state index is -0.255. The highest BCUT2D eigenvalue weighted by atomic mass is 35.5. The number of anilines is 1. The number of hydrogen-bond donors (Lipinski definition) is 1. The fourth-order valence-electron chi connectivity index (χ4n) is 3.80. The molecule has 0 spiro atoms. The Morgan fingerprint density at radius 3 is 2.41 bits per heavy atom. The number of aromatic nitrogens is 2. The summed E-state index contributed by atoms with van der Waals surface area (Å²) in [5, 5.41) is 7.73. The number of amides is 1. The van der Waals surface area contributed by atoms with Crippen molar-refractivity contribution >= 4 is 68.1 Å². The van der Waals surface area contributed by atoms with Crippen LogP contribution in [0.4, 0.5) is 5.13 Å². The lowest BCUT2D eigenvalue weighted by molar-refractivity contribution is 0.102. The Balaban J connectivity index is 1.54. The SMILES string of the molecule is Cc1c(-c2ccc(Cl)cc2)nc2ccccc2c1C(=O)Nc1nc(-c2ccc(Cl)cc2Cl)cs1. The first-order valence-corrected chi connectivity index (χ1v) is 12.3. The number of pyridine rings is 1. The molecule has 168 valence electrons. The van der Waals surface area contributed by atoms with Crippen molar-refractivity contribution in [1.82, 2.24) is 9.97 Å². The van der Waals surface area contributed by atoms with Crippen LogP contribution in [0.15, 0.2) is 72.1 Å². The van der Waals surface area contributed by atoms with Gasteiger partial charge in [-0.25, -0.2) is 9.97 Å². The van der Waals surface area contributed by atoms with Crippen molar-refractivity contribution in [3.8, 4) is 22.5 Å². The summed E-state index contributed by atoms with van der Waals surface area (Å²) in [4.78, 5) is 22.9. The zero-order valence-corrected chi connectivity index (χ0v) is 20.9. The van der Waals surface area contributed by atoms with Crippen LogP contribution >= 0.6 is 46.1 Å². The molecule has 2 heterocycles. The van der Waals surface area contributed by atoms with Crippen molar-refractivity contribution in [2.45, 2.75) is 6.92 Å². The van der Waals surface area contributed by atoms with Crippen LogP contribution in [0.3, 0.4) is 0 Å². The van der Waals surface area contributed by atoms with Crippen LogP contribution < -0.4 is 5.32 Å². The molecule has 0 unspecified atom stereocenters. The maximum atomic E-state index is 13.5. The molecule has 1 N–H and O–H groups in total. The summed E-state index contributed by atoms with van der Waals surface area (Å²) in [7, 11) is 0. The van der Waals surface area contributed by atoms with Gasteiger partial charge < -0.3 is 0 Å². The van der Waals surface area contributed by atoms with Crippen molar-refractivity contribution < 1.29 is 4.79 Å². The number of carbonyl (C=O) groups excluding carboxylic acids is 1. The van der Waals surface area contributed by atoms with E-state index in [1.165, 1.54) is 11.3 Å². The number of halogens is 3. The first kappa shape index (κ1) is 22.8. The predicted molar refractivity (Wildman–Crippen MR) is 142 cm³/mol. The lowest BCUT2D eigenvalue weighted by Gasteiger charge is -2.14. The largest absolute Gasteiger partial charge is 0.298 e. The Kier molecular flexibility index (Phi) is 6.28. The van der Waals surface area contributed by atoms with Gasteiger partial charge in [0.1, 0.15) is 0 Å². The number of rotatable bonds is 4. The molecule has 5 aromatic rings. The molecule has 0 radical (unpaired) electrons. The van der Waals surface area contributed by atoms with Gasteiger partial charge >= 0.3 is 0 Å². The number of para-hydroxylation sites is 1. The van der Waals surface area contributed by atoms with Crippen molar-refractivity contribution in [3.63, 3.8) is 0 Å². The van der Waals surface area contributed by atoms with Crippen LogP contribution in [-0.2, 0) is 0 Å². The summed E-state index contributed by atoms with van der Waals surface area (Å²) in [6, 6.07) is 20.3.